The van der Waals surface area contributed by atoms with Gasteiger partial charge in [-0.3, -0.25) is 9.59 Å². The zero-order valence-corrected chi connectivity index (χ0v) is 12.1. The van der Waals surface area contributed by atoms with Crippen LogP contribution in [0.4, 0.5) is 5.69 Å². The van der Waals surface area contributed by atoms with Crippen LogP contribution in [0.15, 0.2) is 18.2 Å². The van der Waals surface area contributed by atoms with Crippen molar-refractivity contribution in [1.82, 2.24) is 5.32 Å². The topological polar surface area (TPSA) is 69.6 Å². The highest BCUT2D eigenvalue weighted by molar-refractivity contribution is 6.08. The van der Waals surface area contributed by atoms with Gasteiger partial charge in [-0.15, -0.1) is 0 Å². The summed E-state index contributed by atoms with van der Waals surface area (Å²) in [4.78, 5) is 25.8. The number of nitrogens with zero attached hydrogens (tertiary/aromatic N) is 1. The van der Waals surface area contributed by atoms with Crippen LogP contribution in [0, 0.1) is 0 Å². The molecule has 1 heterocycles. The van der Waals surface area contributed by atoms with E-state index in [0.717, 1.165) is 11.3 Å². The van der Waals surface area contributed by atoms with Gasteiger partial charge in [-0.25, -0.2) is 0 Å². The quantitative estimate of drug-likeness (QED) is 0.808. The summed E-state index contributed by atoms with van der Waals surface area (Å²) in [7, 11) is 1.75. The number of hydrogen-bond donors (Lipinski definition) is 2. The van der Waals surface area contributed by atoms with Gasteiger partial charge in [0.25, 0.3) is 5.91 Å². The standard InChI is InChI=1S/C15H20N2O3/c1-15(2)11-9-10(13(19)16-7-4-8-18)5-6-12(11)17(3)14(15)20/h5-6,9,18H,4,7-8H2,1-3H3,(H,16,19). The summed E-state index contributed by atoms with van der Waals surface area (Å²) in [6.07, 6.45) is 0.531. The number of aliphatic hydroxyl groups excluding tert-OH is 1. The van der Waals surface area contributed by atoms with E-state index in [2.05, 4.69) is 5.32 Å². The minimum absolute atomic E-state index is 0.0327. The lowest BCUT2D eigenvalue weighted by Gasteiger charge is -2.16. The average Bonchev–Trinajstić information content (AvgIpc) is 2.60. The number of fused-ring (bicyclic) bond motifs is 1. The van der Waals surface area contributed by atoms with Crippen molar-refractivity contribution in [3.8, 4) is 0 Å². The second kappa shape index (κ2) is 5.25. The van der Waals surface area contributed by atoms with Crippen molar-refractivity contribution in [2.75, 3.05) is 25.1 Å². The summed E-state index contributed by atoms with van der Waals surface area (Å²) in [5.41, 5.74) is 1.66. The maximum absolute atomic E-state index is 12.2. The van der Waals surface area contributed by atoms with Gasteiger partial charge in [0.1, 0.15) is 0 Å². The van der Waals surface area contributed by atoms with Crippen LogP contribution in [0.5, 0.6) is 0 Å². The Bertz CT molecular complexity index is 552. The van der Waals surface area contributed by atoms with Crippen LogP contribution in [0.3, 0.4) is 0 Å². The maximum atomic E-state index is 12.2. The van der Waals surface area contributed by atoms with Gasteiger partial charge < -0.3 is 15.3 Å². The SMILES string of the molecule is CN1C(=O)C(C)(C)c2cc(C(=O)NCCCO)ccc21. The van der Waals surface area contributed by atoms with Crippen LogP contribution in [-0.4, -0.2) is 37.1 Å². The number of amides is 2. The lowest BCUT2D eigenvalue weighted by molar-refractivity contribution is -0.121. The molecular formula is C15H20N2O3. The molecule has 1 aliphatic heterocycles. The van der Waals surface area contributed by atoms with Gasteiger partial charge in [0.2, 0.25) is 5.91 Å². The Morgan fingerprint density at radius 1 is 1.40 bits per heavy atom. The maximum Gasteiger partial charge on any atom is 0.251 e. The molecule has 0 bridgehead atoms. The third kappa shape index (κ3) is 2.29. The minimum Gasteiger partial charge on any atom is -0.396 e. The third-order valence-electron chi connectivity index (χ3n) is 3.75. The van der Waals surface area contributed by atoms with E-state index in [1.807, 2.05) is 19.9 Å². The van der Waals surface area contributed by atoms with Crippen LogP contribution in [0.25, 0.3) is 0 Å². The van der Waals surface area contributed by atoms with E-state index >= 15 is 0 Å². The molecule has 1 aliphatic rings. The molecule has 0 aromatic heterocycles. The van der Waals surface area contributed by atoms with Crippen molar-refractivity contribution in [1.29, 1.82) is 0 Å². The van der Waals surface area contributed by atoms with Gasteiger partial charge in [0.05, 0.1) is 5.41 Å². The van der Waals surface area contributed by atoms with Crippen LogP contribution in [0.2, 0.25) is 0 Å². The molecule has 0 aliphatic carbocycles. The van der Waals surface area contributed by atoms with Crippen LogP contribution in [0.1, 0.15) is 36.2 Å². The van der Waals surface area contributed by atoms with E-state index in [1.54, 1.807) is 24.1 Å². The van der Waals surface area contributed by atoms with E-state index in [0.29, 0.717) is 18.5 Å². The zero-order valence-electron chi connectivity index (χ0n) is 12.1. The molecule has 1 aromatic carbocycles. The molecule has 0 radical (unpaired) electrons. The molecule has 5 heteroatoms. The predicted octanol–water partition coefficient (Wildman–Crippen LogP) is 1.05. The Kier molecular flexibility index (Phi) is 3.81. The second-order valence-electron chi connectivity index (χ2n) is 5.55. The van der Waals surface area contributed by atoms with E-state index in [1.165, 1.54) is 0 Å². The number of nitrogens with one attached hydrogen (secondary N) is 1. The number of anilines is 1. The highest BCUT2D eigenvalue weighted by Gasteiger charge is 2.42. The zero-order chi connectivity index (χ0) is 14.9. The van der Waals surface area contributed by atoms with Crippen molar-refractivity contribution < 1.29 is 14.7 Å². The first-order valence-corrected chi connectivity index (χ1v) is 6.71. The van der Waals surface area contributed by atoms with Gasteiger partial charge in [0, 0.05) is 31.5 Å². The second-order valence-corrected chi connectivity index (χ2v) is 5.55. The molecule has 0 fully saturated rings. The summed E-state index contributed by atoms with van der Waals surface area (Å²) in [5.74, 6) is -0.149. The highest BCUT2D eigenvalue weighted by Crippen LogP contribution is 2.40. The molecule has 2 rings (SSSR count). The first kappa shape index (κ1) is 14.5. The number of carbonyl (C=O) groups excluding carboxylic acids is 2. The number of hydrogen-bond acceptors (Lipinski definition) is 3. The van der Waals surface area contributed by atoms with E-state index < -0.39 is 5.41 Å². The van der Waals surface area contributed by atoms with Crippen molar-refractivity contribution >= 4 is 17.5 Å². The molecule has 108 valence electrons. The number of rotatable bonds is 4. The fraction of sp³-hybridized carbons (Fsp3) is 0.467. The first-order valence-electron chi connectivity index (χ1n) is 6.71. The molecule has 0 spiro atoms. The Labute approximate surface area is 118 Å². The van der Waals surface area contributed by atoms with Crippen molar-refractivity contribution in [2.24, 2.45) is 0 Å². The number of carbonyl (C=O) groups is 2. The number of aliphatic hydroxyl groups is 1. The molecule has 0 atom stereocenters. The fourth-order valence-corrected chi connectivity index (χ4v) is 2.50. The lowest BCUT2D eigenvalue weighted by Crippen LogP contribution is -2.33. The van der Waals surface area contributed by atoms with E-state index in [4.69, 9.17) is 5.11 Å². The fourth-order valence-electron chi connectivity index (χ4n) is 2.50. The molecule has 1 aromatic rings. The average molecular weight is 276 g/mol. The van der Waals surface area contributed by atoms with Crippen molar-refractivity contribution in [3.05, 3.63) is 29.3 Å². The van der Waals surface area contributed by atoms with E-state index in [9.17, 15) is 9.59 Å². The van der Waals surface area contributed by atoms with Gasteiger partial charge in [0.15, 0.2) is 0 Å². The summed E-state index contributed by atoms with van der Waals surface area (Å²) in [5, 5.41) is 11.5. The Morgan fingerprint density at radius 3 is 2.75 bits per heavy atom. The molecule has 0 unspecified atom stereocenters. The minimum atomic E-state index is -0.606. The molecule has 0 saturated carbocycles. The molecule has 5 nitrogen and oxygen atoms in total. The first-order chi connectivity index (χ1) is 9.39. The summed E-state index contributed by atoms with van der Waals surface area (Å²) >= 11 is 0. The van der Waals surface area contributed by atoms with Crippen LogP contribution in [-0.2, 0) is 10.2 Å². The smallest absolute Gasteiger partial charge is 0.251 e. The molecule has 0 saturated heterocycles. The van der Waals surface area contributed by atoms with Gasteiger partial charge in [-0.2, -0.15) is 0 Å². The molecule has 2 amide bonds. The summed E-state index contributed by atoms with van der Waals surface area (Å²) in [6, 6.07) is 5.31. The van der Waals surface area contributed by atoms with Gasteiger partial charge in [-0.05, 0) is 44.0 Å². The normalized spacial score (nSPS) is 16.2. The van der Waals surface area contributed by atoms with E-state index in [-0.39, 0.29) is 18.4 Å². The van der Waals surface area contributed by atoms with Gasteiger partial charge in [-0.1, -0.05) is 0 Å². The van der Waals surface area contributed by atoms with Crippen molar-refractivity contribution in [2.45, 2.75) is 25.7 Å². The largest absolute Gasteiger partial charge is 0.396 e. The number of likely N-dealkylation sites (N-methyl/N-ethyl adjacent to an activating group) is 1. The summed E-state index contributed by atoms with van der Waals surface area (Å²) < 4.78 is 0. The number of benzene rings is 1. The Morgan fingerprint density at radius 2 is 2.10 bits per heavy atom. The highest BCUT2D eigenvalue weighted by atomic mass is 16.3. The Hall–Kier alpha value is -1.88. The third-order valence-corrected chi connectivity index (χ3v) is 3.75. The predicted molar refractivity (Wildman–Crippen MR) is 76.9 cm³/mol. The Balaban J connectivity index is 2.27. The van der Waals surface area contributed by atoms with Crippen LogP contribution >= 0.6 is 0 Å². The molecule has 20 heavy (non-hydrogen) atoms. The summed E-state index contributed by atoms with van der Waals surface area (Å²) in [6.45, 7) is 4.22. The van der Waals surface area contributed by atoms with Crippen LogP contribution < -0.4 is 10.2 Å². The lowest BCUT2D eigenvalue weighted by atomic mass is 9.85. The monoisotopic (exact) mass is 276 g/mol. The molecule has 2 N–H and O–H groups in total. The molecular weight excluding hydrogens is 256 g/mol. The van der Waals surface area contributed by atoms with Crippen molar-refractivity contribution in [3.63, 3.8) is 0 Å². The van der Waals surface area contributed by atoms with Gasteiger partial charge >= 0.3 is 0 Å².